The molecule has 0 radical (unpaired) electrons. The summed E-state index contributed by atoms with van der Waals surface area (Å²) in [4.78, 5) is 1.63. The van der Waals surface area contributed by atoms with Crippen LogP contribution in [0.5, 0.6) is 0 Å². The summed E-state index contributed by atoms with van der Waals surface area (Å²) in [6.07, 6.45) is -1.95. The fourth-order valence-corrected chi connectivity index (χ4v) is 2.67. The van der Waals surface area contributed by atoms with Crippen molar-refractivity contribution in [2.75, 3.05) is 19.6 Å². The predicted molar refractivity (Wildman–Crippen MR) is 56.2 cm³/mol. The van der Waals surface area contributed by atoms with E-state index in [9.17, 15) is 13.2 Å². The van der Waals surface area contributed by atoms with Crippen LogP contribution < -0.4 is 5.32 Å². The molecule has 0 amide bonds. The van der Waals surface area contributed by atoms with E-state index in [1.807, 2.05) is 13.8 Å². The molecule has 1 aliphatic carbocycles. The number of nitrogens with zero attached hydrogens (tertiary/aromatic N) is 1. The zero-order chi connectivity index (χ0) is 12.0. The summed E-state index contributed by atoms with van der Waals surface area (Å²) in [5.74, 6) is 0.440. The first kappa shape index (κ1) is 12.2. The van der Waals surface area contributed by atoms with Crippen molar-refractivity contribution in [2.24, 2.45) is 5.92 Å². The molecule has 2 unspecified atom stereocenters. The molecule has 0 aromatic carbocycles. The van der Waals surface area contributed by atoms with Crippen molar-refractivity contribution in [3.05, 3.63) is 0 Å². The van der Waals surface area contributed by atoms with Crippen molar-refractivity contribution < 1.29 is 13.2 Å². The molecule has 1 heterocycles. The Morgan fingerprint density at radius 3 is 2.50 bits per heavy atom. The van der Waals surface area contributed by atoms with Crippen LogP contribution in [0.1, 0.15) is 26.7 Å². The molecule has 2 fully saturated rings. The molecule has 2 atom stereocenters. The van der Waals surface area contributed by atoms with Gasteiger partial charge in [0.15, 0.2) is 0 Å². The van der Waals surface area contributed by atoms with Gasteiger partial charge >= 0.3 is 6.18 Å². The lowest BCUT2D eigenvalue weighted by atomic mass is 9.90. The molecule has 0 aromatic rings. The van der Waals surface area contributed by atoms with Gasteiger partial charge in [-0.25, -0.2) is 0 Å². The van der Waals surface area contributed by atoms with Crippen LogP contribution in [-0.4, -0.2) is 42.3 Å². The average Bonchev–Trinajstić information content (AvgIpc) is 2.92. The van der Waals surface area contributed by atoms with Gasteiger partial charge in [0.25, 0.3) is 0 Å². The highest BCUT2D eigenvalue weighted by Crippen LogP contribution is 2.44. The normalized spacial score (nSPS) is 37.7. The molecule has 1 aliphatic heterocycles. The Bertz CT molecular complexity index is 262. The second-order valence-corrected chi connectivity index (χ2v) is 5.41. The molecular formula is C11H19F3N2. The van der Waals surface area contributed by atoms with Gasteiger partial charge in [0.1, 0.15) is 0 Å². The Balaban J connectivity index is 2.09. The van der Waals surface area contributed by atoms with Crippen molar-refractivity contribution in [1.82, 2.24) is 10.2 Å². The third-order valence-electron chi connectivity index (χ3n) is 3.85. The van der Waals surface area contributed by atoms with E-state index in [2.05, 4.69) is 5.32 Å². The third kappa shape index (κ3) is 2.51. The lowest BCUT2D eigenvalue weighted by Crippen LogP contribution is -2.65. The molecule has 2 nitrogen and oxygen atoms in total. The summed E-state index contributed by atoms with van der Waals surface area (Å²) in [5.41, 5.74) is -0.304. The Morgan fingerprint density at radius 1 is 1.38 bits per heavy atom. The first-order chi connectivity index (χ1) is 7.31. The molecule has 2 rings (SSSR count). The molecule has 1 N–H and O–H groups in total. The van der Waals surface area contributed by atoms with Crippen molar-refractivity contribution in [3.8, 4) is 0 Å². The average molecular weight is 236 g/mol. The summed E-state index contributed by atoms with van der Waals surface area (Å²) in [6.45, 7) is 4.30. The van der Waals surface area contributed by atoms with Crippen LogP contribution in [0.4, 0.5) is 13.2 Å². The number of piperazine rings is 1. The quantitative estimate of drug-likeness (QED) is 0.789. The van der Waals surface area contributed by atoms with Crippen molar-refractivity contribution in [1.29, 1.82) is 0 Å². The van der Waals surface area contributed by atoms with Crippen LogP contribution in [0.25, 0.3) is 0 Å². The van der Waals surface area contributed by atoms with E-state index in [1.54, 1.807) is 4.90 Å². The standard InChI is InChI=1S/C11H19F3N2/c1-8-5-16(7-11(12,13)14)10(2,6-15-8)9-3-4-9/h8-9,15H,3-7H2,1-2H3. The third-order valence-corrected chi connectivity index (χ3v) is 3.85. The van der Waals surface area contributed by atoms with Gasteiger partial charge in [0.05, 0.1) is 6.54 Å². The van der Waals surface area contributed by atoms with Crippen LogP contribution in [0.2, 0.25) is 0 Å². The molecule has 2 aliphatic rings. The van der Waals surface area contributed by atoms with Gasteiger partial charge in [-0.1, -0.05) is 0 Å². The second kappa shape index (κ2) is 3.88. The smallest absolute Gasteiger partial charge is 0.311 e. The van der Waals surface area contributed by atoms with Crippen molar-refractivity contribution in [2.45, 2.75) is 44.4 Å². The van der Waals surface area contributed by atoms with Gasteiger partial charge in [-0.3, -0.25) is 4.90 Å². The number of hydrogen-bond acceptors (Lipinski definition) is 2. The fourth-order valence-electron chi connectivity index (χ4n) is 2.67. The number of rotatable bonds is 2. The van der Waals surface area contributed by atoms with E-state index in [0.29, 0.717) is 19.0 Å². The summed E-state index contributed by atoms with van der Waals surface area (Å²) >= 11 is 0. The van der Waals surface area contributed by atoms with E-state index in [-0.39, 0.29) is 11.6 Å². The molecule has 5 heteroatoms. The van der Waals surface area contributed by atoms with E-state index in [4.69, 9.17) is 0 Å². The summed E-state index contributed by atoms with van der Waals surface area (Å²) in [6, 6.07) is 0.147. The molecule has 0 spiro atoms. The lowest BCUT2D eigenvalue weighted by Gasteiger charge is -2.48. The number of hydrogen-bond donors (Lipinski definition) is 1. The van der Waals surface area contributed by atoms with Crippen molar-refractivity contribution >= 4 is 0 Å². The SMILES string of the molecule is CC1CN(CC(F)(F)F)C(C)(C2CC2)CN1. The van der Waals surface area contributed by atoms with Crippen LogP contribution in [0, 0.1) is 5.92 Å². The maximum Gasteiger partial charge on any atom is 0.401 e. The monoisotopic (exact) mass is 236 g/mol. The molecular weight excluding hydrogens is 217 g/mol. The van der Waals surface area contributed by atoms with E-state index >= 15 is 0 Å². The van der Waals surface area contributed by atoms with E-state index in [1.165, 1.54) is 0 Å². The first-order valence-electron chi connectivity index (χ1n) is 5.86. The van der Waals surface area contributed by atoms with Crippen LogP contribution >= 0.6 is 0 Å². The van der Waals surface area contributed by atoms with Gasteiger partial charge in [-0.2, -0.15) is 13.2 Å². The zero-order valence-corrected chi connectivity index (χ0v) is 9.77. The Kier molecular flexibility index (Phi) is 2.95. The highest BCUT2D eigenvalue weighted by Gasteiger charge is 2.50. The van der Waals surface area contributed by atoms with Crippen LogP contribution in [0.3, 0.4) is 0 Å². The van der Waals surface area contributed by atoms with Gasteiger partial charge in [0.2, 0.25) is 0 Å². The Morgan fingerprint density at radius 2 is 2.00 bits per heavy atom. The largest absolute Gasteiger partial charge is 0.401 e. The minimum Gasteiger partial charge on any atom is -0.311 e. The molecule has 1 saturated carbocycles. The van der Waals surface area contributed by atoms with Crippen LogP contribution in [0.15, 0.2) is 0 Å². The topological polar surface area (TPSA) is 15.3 Å². The van der Waals surface area contributed by atoms with Crippen molar-refractivity contribution in [3.63, 3.8) is 0 Å². The number of nitrogens with one attached hydrogen (secondary N) is 1. The molecule has 0 aromatic heterocycles. The minimum absolute atomic E-state index is 0.147. The Labute approximate surface area is 94.2 Å². The van der Waals surface area contributed by atoms with Crippen LogP contribution in [-0.2, 0) is 0 Å². The van der Waals surface area contributed by atoms with E-state index < -0.39 is 12.7 Å². The van der Waals surface area contributed by atoms with Gasteiger partial charge in [-0.15, -0.1) is 0 Å². The van der Waals surface area contributed by atoms with E-state index in [0.717, 1.165) is 12.8 Å². The second-order valence-electron chi connectivity index (χ2n) is 5.41. The molecule has 94 valence electrons. The first-order valence-corrected chi connectivity index (χ1v) is 5.86. The van der Waals surface area contributed by atoms with Gasteiger partial charge in [0, 0.05) is 24.7 Å². The highest BCUT2D eigenvalue weighted by molar-refractivity contribution is 5.04. The number of alkyl halides is 3. The maximum atomic E-state index is 12.5. The fraction of sp³-hybridized carbons (Fsp3) is 1.00. The Hall–Kier alpha value is -0.290. The predicted octanol–water partition coefficient (Wildman–Crippen LogP) is 2.01. The highest BCUT2D eigenvalue weighted by atomic mass is 19.4. The zero-order valence-electron chi connectivity index (χ0n) is 9.77. The molecule has 0 bridgehead atoms. The summed E-state index contributed by atoms with van der Waals surface area (Å²) in [5, 5.41) is 3.30. The molecule has 1 saturated heterocycles. The van der Waals surface area contributed by atoms with Gasteiger partial charge in [-0.05, 0) is 32.6 Å². The summed E-state index contributed by atoms with van der Waals surface area (Å²) in [7, 11) is 0. The minimum atomic E-state index is -4.09. The summed E-state index contributed by atoms with van der Waals surface area (Å²) < 4.78 is 37.6. The van der Waals surface area contributed by atoms with Gasteiger partial charge < -0.3 is 5.32 Å². The maximum absolute atomic E-state index is 12.5. The number of halogens is 3. The lowest BCUT2D eigenvalue weighted by molar-refractivity contribution is -0.164. The molecule has 16 heavy (non-hydrogen) atoms.